The number of carbonyl (C=O) groups is 1. The molecule has 4 unspecified atom stereocenters. The van der Waals surface area contributed by atoms with Crippen molar-refractivity contribution in [2.45, 2.75) is 158 Å². The molecule has 0 saturated heterocycles. The molecule has 0 radical (unpaired) electrons. The van der Waals surface area contributed by atoms with E-state index in [0.717, 1.165) is 36.5 Å². The average molecular weight is 451 g/mol. The number of hydrogen-bond acceptors (Lipinski definition) is 1. The van der Waals surface area contributed by atoms with Gasteiger partial charge in [-0.05, 0) is 36.5 Å². The van der Waals surface area contributed by atoms with Crippen molar-refractivity contribution < 1.29 is 4.79 Å². The van der Waals surface area contributed by atoms with Crippen LogP contribution in [0.15, 0.2) is 0 Å². The standard InChI is InChI=1S/C31H62O/c1-9-11-13-15-21-29(25(3)4)23-17-19-27(7)31(32)28(8)20-18-24-30(26(5)6)22-16-14-12-10-2/h25-30H,9-24H2,1-8H3. The van der Waals surface area contributed by atoms with Crippen molar-refractivity contribution in [2.75, 3.05) is 0 Å². The lowest BCUT2D eigenvalue weighted by atomic mass is 9.82. The van der Waals surface area contributed by atoms with Gasteiger partial charge < -0.3 is 0 Å². The number of carbonyl (C=O) groups excluding carboxylic acids is 1. The van der Waals surface area contributed by atoms with E-state index in [0.29, 0.717) is 5.78 Å². The van der Waals surface area contributed by atoms with Crippen molar-refractivity contribution in [1.82, 2.24) is 0 Å². The first-order valence-corrected chi connectivity index (χ1v) is 14.8. The van der Waals surface area contributed by atoms with Crippen LogP contribution < -0.4 is 0 Å². The molecular formula is C31H62O. The molecule has 0 aromatic carbocycles. The molecule has 0 N–H and O–H groups in total. The zero-order chi connectivity index (χ0) is 24.4. The van der Waals surface area contributed by atoms with Gasteiger partial charge in [0.15, 0.2) is 0 Å². The summed E-state index contributed by atoms with van der Waals surface area (Å²) in [6.07, 6.45) is 21.0. The molecule has 32 heavy (non-hydrogen) atoms. The van der Waals surface area contributed by atoms with E-state index < -0.39 is 0 Å². The van der Waals surface area contributed by atoms with Crippen molar-refractivity contribution >= 4 is 5.78 Å². The Balaban J connectivity index is 4.22. The largest absolute Gasteiger partial charge is 0.299 e. The number of unbranched alkanes of at least 4 members (excludes halogenated alkanes) is 6. The van der Waals surface area contributed by atoms with Gasteiger partial charge in [0, 0.05) is 11.8 Å². The third-order valence-corrected chi connectivity index (χ3v) is 8.14. The first-order chi connectivity index (χ1) is 15.2. The van der Waals surface area contributed by atoms with Crippen molar-refractivity contribution in [3.63, 3.8) is 0 Å². The second-order valence-corrected chi connectivity index (χ2v) is 11.8. The Morgan fingerprint density at radius 3 is 1.12 bits per heavy atom. The number of hydrogen-bond donors (Lipinski definition) is 0. The minimum atomic E-state index is 0.243. The fourth-order valence-corrected chi connectivity index (χ4v) is 5.43. The van der Waals surface area contributed by atoms with E-state index in [1.165, 1.54) is 89.9 Å². The monoisotopic (exact) mass is 450 g/mol. The lowest BCUT2D eigenvalue weighted by molar-refractivity contribution is -0.126. The molecule has 4 atom stereocenters. The minimum absolute atomic E-state index is 0.243. The predicted octanol–water partition coefficient (Wildman–Crippen LogP) is 10.7. The second kappa shape index (κ2) is 20.1. The van der Waals surface area contributed by atoms with Gasteiger partial charge in [0.05, 0.1) is 0 Å². The molecule has 0 aliphatic rings. The molecule has 0 fully saturated rings. The highest BCUT2D eigenvalue weighted by molar-refractivity contribution is 5.82. The van der Waals surface area contributed by atoms with Crippen LogP contribution in [-0.4, -0.2) is 5.78 Å². The summed E-state index contributed by atoms with van der Waals surface area (Å²) >= 11 is 0. The van der Waals surface area contributed by atoms with E-state index >= 15 is 0 Å². The Morgan fingerprint density at radius 2 is 0.812 bits per heavy atom. The summed E-state index contributed by atoms with van der Waals surface area (Å²) in [7, 11) is 0. The van der Waals surface area contributed by atoms with Crippen LogP contribution in [0.25, 0.3) is 0 Å². The Bertz CT molecular complexity index is 386. The Morgan fingerprint density at radius 1 is 0.469 bits per heavy atom. The van der Waals surface area contributed by atoms with Crippen LogP contribution >= 0.6 is 0 Å². The van der Waals surface area contributed by atoms with E-state index in [2.05, 4.69) is 55.4 Å². The van der Waals surface area contributed by atoms with E-state index in [9.17, 15) is 4.79 Å². The number of ketones is 1. The molecular weight excluding hydrogens is 388 g/mol. The van der Waals surface area contributed by atoms with Gasteiger partial charge in [0.25, 0.3) is 0 Å². The summed E-state index contributed by atoms with van der Waals surface area (Å²) in [5.74, 6) is 4.25. The molecule has 0 aliphatic heterocycles. The Labute approximate surface area is 204 Å². The van der Waals surface area contributed by atoms with Crippen LogP contribution in [0, 0.1) is 35.5 Å². The van der Waals surface area contributed by atoms with Crippen LogP contribution in [0.1, 0.15) is 158 Å². The molecule has 1 nitrogen and oxygen atoms in total. The van der Waals surface area contributed by atoms with Gasteiger partial charge in [-0.25, -0.2) is 0 Å². The minimum Gasteiger partial charge on any atom is -0.299 e. The van der Waals surface area contributed by atoms with Crippen molar-refractivity contribution in [3.05, 3.63) is 0 Å². The molecule has 0 aromatic heterocycles. The maximum Gasteiger partial charge on any atom is 0.138 e. The third-order valence-electron chi connectivity index (χ3n) is 8.14. The van der Waals surface area contributed by atoms with Crippen LogP contribution in [0.3, 0.4) is 0 Å². The van der Waals surface area contributed by atoms with Crippen molar-refractivity contribution in [2.24, 2.45) is 35.5 Å². The van der Waals surface area contributed by atoms with Gasteiger partial charge in [0.1, 0.15) is 5.78 Å². The first-order valence-electron chi connectivity index (χ1n) is 14.8. The molecule has 0 bridgehead atoms. The molecule has 192 valence electrons. The Kier molecular flexibility index (Phi) is 19.9. The summed E-state index contributed by atoms with van der Waals surface area (Å²) < 4.78 is 0. The summed E-state index contributed by atoms with van der Waals surface area (Å²) in [4.78, 5) is 13.0. The van der Waals surface area contributed by atoms with E-state index in [1.807, 2.05) is 0 Å². The summed E-state index contributed by atoms with van der Waals surface area (Å²) in [6.45, 7) is 18.5. The molecule has 0 heterocycles. The highest BCUT2D eigenvalue weighted by Crippen LogP contribution is 2.28. The average Bonchev–Trinajstić information content (AvgIpc) is 2.75. The lowest BCUT2D eigenvalue weighted by Crippen LogP contribution is -2.20. The summed E-state index contributed by atoms with van der Waals surface area (Å²) in [5, 5.41) is 0. The van der Waals surface area contributed by atoms with Gasteiger partial charge in [0.2, 0.25) is 0 Å². The summed E-state index contributed by atoms with van der Waals surface area (Å²) in [5.41, 5.74) is 0. The summed E-state index contributed by atoms with van der Waals surface area (Å²) in [6, 6.07) is 0. The zero-order valence-electron chi connectivity index (χ0n) is 23.7. The Hall–Kier alpha value is -0.330. The zero-order valence-corrected chi connectivity index (χ0v) is 23.7. The maximum absolute atomic E-state index is 13.0. The number of Topliss-reactive ketones (excluding diaryl/α,β-unsaturated/α-hetero) is 1. The van der Waals surface area contributed by atoms with E-state index in [-0.39, 0.29) is 11.8 Å². The fourth-order valence-electron chi connectivity index (χ4n) is 5.43. The molecule has 0 saturated carbocycles. The molecule has 0 rings (SSSR count). The van der Waals surface area contributed by atoms with Crippen molar-refractivity contribution in [3.8, 4) is 0 Å². The fraction of sp³-hybridized carbons (Fsp3) is 0.968. The van der Waals surface area contributed by atoms with Gasteiger partial charge in [-0.3, -0.25) is 4.79 Å². The van der Waals surface area contributed by atoms with Gasteiger partial charge in [-0.15, -0.1) is 0 Å². The van der Waals surface area contributed by atoms with Gasteiger partial charge in [-0.2, -0.15) is 0 Å². The molecule has 0 spiro atoms. The van der Waals surface area contributed by atoms with Crippen LogP contribution in [-0.2, 0) is 4.79 Å². The topological polar surface area (TPSA) is 17.1 Å². The normalized spacial score (nSPS) is 15.8. The molecule has 0 amide bonds. The molecule has 0 aliphatic carbocycles. The predicted molar refractivity (Wildman–Crippen MR) is 145 cm³/mol. The molecule has 0 aromatic rings. The van der Waals surface area contributed by atoms with Gasteiger partial charge in [-0.1, -0.05) is 145 Å². The molecule has 1 heteroatoms. The quantitative estimate of drug-likeness (QED) is 0.150. The van der Waals surface area contributed by atoms with E-state index in [4.69, 9.17) is 0 Å². The van der Waals surface area contributed by atoms with Crippen LogP contribution in [0.4, 0.5) is 0 Å². The highest BCUT2D eigenvalue weighted by atomic mass is 16.1. The smallest absolute Gasteiger partial charge is 0.138 e. The van der Waals surface area contributed by atoms with E-state index in [1.54, 1.807) is 0 Å². The van der Waals surface area contributed by atoms with Crippen LogP contribution in [0.5, 0.6) is 0 Å². The van der Waals surface area contributed by atoms with Crippen LogP contribution in [0.2, 0.25) is 0 Å². The first kappa shape index (κ1) is 31.7. The maximum atomic E-state index is 13.0. The lowest BCUT2D eigenvalue weighted by Gasteiger charge is -2.23. The third kappa shape index (κ3) is 15.5. The highest BCUT2D eigenvalue weighted by Gasteiger charge is 2.21. The van der Waals surface area contributed by atoms with Gasteiger partial charge >= 0.3 is 0 Å². The van der Waals surface area contributed by atoms with Crippen molar-refractivity contribution in [1.29, 1.82) is 0 Å². The number of rotatable bonds is 22. The second-order valence-electron chi connectivity index (χ2n) is 11.8. The SMILES string of the molecule is CCCCCCC(CCCC(C)C(=O)C(C)CCCC(CCCCCC)C(C)C)C(C)C.